The van der Waals surface area contributed by atoms with E-state index in [9.17, 15) is 0 Å². The van der Waals surface area contributed by atoms with E-state index in [1.54, 1.807) is 6.20 Å². The van der Waals surface area contributed by atoms with Gasteiger partial charge in [-0.25, -0.2) is 4.98 Å². The van der Waals surface area contributed by atoms with Crippen LogP contribution in [0.15, 0.2) is 36.7 Å². The summed E-state index contributed by atoms with van der Waals surface area (Å²) in [5.41, 5.74) is 2.31. The van der Waals surface area contributed by atoms with Crippen molar-refractivity contribution in [3.8, 4) is 0 Å². The molecule has 0 amide bonds. The van der Waals surface area contributed by atoms with E-state index < -0.39 is 0 Å². The number of rotatable bonds is 6. The molecule has 1 aromatic carbocycles. The zero-order chi connectivity index (χ0) is 16.9. The van der Waals surface area contributed by atoms with Crippen molar-refractivity contribution in [1.29, 1.82) is 0 Å². The van der Waals surface area contributed by atoms with Gasteiger partial charge in [-0.05, 0) is 37.0 Å². The highest BCUT2D eigenvalue weighted by atomic mass is 16.5. The zero-order valence-corrected chi connectivity index (χ0v) is 14.0. The fourth-order valence-corrected chi connectivity index (χ4v) is 3.05. The molecular weight excluding hydrogens is 316 g/mol. The molecule has 0 radical (unpaired) electrons. The van der Waals surface area contributed by atoms with Gasteiger partial charge in [0.25, 0.3) is 0 Å². The van der Waals surface area contributed by atoms with Gasteiger partial charge in [-0.15, -0.1) is 0 Å². The number of aromatic amines is 1. The van der Waals surface area contributed by atoms with Crippen LogP contribution >= 0.6 is 0 Å². The zero-order valence-electron chi connectivity index (χ0n) is 14.0. The van der Waals surface area contributed by atoms with Gasteiger partial charge in [-0.3, -0.25) is 5.10 Å². The van der Waals surface area contributed by atoms with Crippen molar-refractivity contribution in [2.24, 2.45) is 0 Å². The predicted octanol–water partition coefficient (Wildman–Crippen LogP) is 2.60. The fraction of sp³-hybridized carbons (Fsp3) is 0.389. The molecule has 1 unspecified atom stereocenters. The highest BCUT2D eigenvalue weighted by Gasteiger charge is 2.14. The summed E-state index contributed by atoms with van der Waals surface area (Å²) in [6.07, 6.45) is 6.71. The Morgan fingerprint density at radius 1 is 1.28 bits per heavy atom. The van der Waals surface area contributed by atoms with Gasteiger partial charge in [0.1, 0.15) is 5.82 Å². The van der Waals surface area contributed by atoms with Gasteiger partial charge in [0, 0.05) is 24.7 Å². The van der Waals surface area contributed by atoms with Crippen molar-refractivity contribution < 1.29 is 4.74 Å². The molecule has 2 aromatic heterocycles. The van der Waals surface area contributed by atoms with Crippen LogP contribution in [0.3, 0.4) is 0 Å². The molecule has 3 heterocycles. The quantitative estimate of drug-likeness (QED) is 0.640. The number of hydrogen-bond acceptors (Lipinski definition) is 6. The summed E-state index contributed by atoms with van der Waals surface area (Å²) in [5, 5.41) is 14.9. The maximum Gasteiger partial charge on any atom is 0.224 e. The first-order valence-corrected chi connectivity index (χ1v) is 8.70. The smallest absolute Gasteiger partial charge is 0.224 e. The van der Waals surface area contributed by atoms with Crippen LogP contribution < -0.4 is 10.6 Å². The minimum absolute atomic E-state index is 0.331. The molecule has 1 saturated heterocycles. The molecule has 0 spiro atoms. The van der Waals surface area contributed by atoms with Gasteiger partial charge in [-0.2, -0.15) is 10.1 Å². The van der Waals surface area contributed by atoms with Crippen LogP contribution in [0.25, 0.3) is 10.9 Å². The Morgan fingerprint density at radius 2 is 2.28 bits per heavy atom. The van der Waals surface area contributed by atoms with Gasteiger partial charge >= 0.3 is 0 Å². The number of benzene rings is 1. The third kappa shape index (κ3) is 4.06. The minimum Gasteiger partial charge on any atom is -0.379 e. The van der Waals surface area contributed by atoms with E-state index in [1.165, 1.54) is 5.56 Å². The summed E-state index contributed by atoms with van der Waals surface area (Å²) in [5.74, 6) is 1.48. The summed E-state index contributed by atoms with van der Waals surface area (Å²) in [6.45, 7) is 2.37. The van der Waals surface area contributed by atoms with Crippen molar-refractivity contribution >= 4 is 22.7 Å². The van der Waals surface area contributed by atoms with Crippen molar-refractivity contribution in [2.45, 2.75) is 25.3 Å². The lowest BCUT2D eigenvalue weighted by atomic mass is 10.1. The van der Waals surface area contributed by atoms with Gasteiger partial charge in [0.15, 0.2) is 0 Å². The third-order valence-corrected chi connectivity index (χ3v) is 4.37. The molecule has 1 atom stereocenters. The highest BCUT2D eigenvalue weighted by molar-refractivity contribution is 5.78. The summed E-state index contributed by atoms with van der Waals surface area (Å²) in [6, 6.07) is 8.57. The number of hydrogen-bond donors (Lipinski definition) is 3. The van der Waals surface area contributed by atoms with Gasteiger partial charge in [0.2, 0.25) is 5.95 Å². The first kappa shape index (κ1) is 15.8. The van der Waals surface area contributed by atoms with E-state index >= 15 is 0 Å². The number of aromatic nitrogens is 4. The average Bonchev–Trinajstić information content (AvgIpc) is 3.11. The van der Waals surface area contributed by atoms with E-state index in [4.69, 9.17) is 4.74 Å². The number of H-pyrrole nitrogens is 1. The second-order valence-electron chi connectivity index (χ2n) is 6.29. The van der Waals surface area contributed by atoms with Gasteiger partial charge in [0.05, 0.1) is 24.4 Å². The third-order valence-electron chi connectivity index (χ3n) is 4.37. The lowest BCUT2D eigenvalue weighted by molar-refractivity contribution is 0.0875. The largest absolute Gasteiger partial charge is 0.379 e. The Hall–Kier alpha value is -2.67. The number of nitrogens with zero attached hydrogens (tertiary/aromatic N) is 3. The van der Waals surface area contributed by atoms with Crippen LogP contribution in [0, 0.1) is 0 Å². The molecule has 0 bridgehead atoms. The van der Waals surface area contributed by atoms with Crippen LogP contribution in [-0.2, 0) is 11.2 Å². The van der Waals surface area contributed by atoms with Crippen LogP contribution in [0.1, 0.15) is 18.4 Å². The standard InChI is InChI=1S/C18H22N6O/c1-2-15(12-25-9-1)22-17-6-8-20-18(23-17)19-7-5-13-3-4-14-11-21-24-16(14)10-13/h3-4,6,8,10-11,15H,1-2,5,7,9,12H2,(H,21,24)(H2,19,20,22,23). The van der Waals surface area contributed by atoms with Gasteiger partial charge in [-0.1, -0.05) is 12.1 Å². The number of nitrogens with one attached hydrogen (secondary N) is 3. The summed E-state index contributed by atoms with van der Waals surface area (Å²) < 4.78 is 5.49. The van der Waals surface area contributed by atoms with Crippen LogP contribution in [0.2, 0.25) is 0 Å². The number of anilines is 2. The van der Waals surface area contributed by atoms with E-state index in [0.717, 1.165) is 55.7 Å². The Morgan fingerprint density at radius 3 is 3.20 bits per heavy atom. The van der Waals surface area contributed by atoms with Crippen molar-refractivity contribution in [2.75, 3.05) is 30.4 Å². The summed E-state index contributed by atoms with van der Waals surface area (Å²) >= 11 is 0. The molecule has 4 rings (SSSR count). The van der Waals surface area contributed by atoms with Crippen LogP contribution in [0.4, 0.5) is 11.8 Å². The SMILES string of the molecule is c1cc(NC2CCCOC2)nc(NCCc2ccc3cn[nH]c3c2)n1. The Kier molecular flexibility index (Phi) is 4.74. The second-order valence-corrected chi connectivity index (χ2v) is 6.29. The summed E-state index contributed by atoms with van der Waals surface area (Å²) in [7, 11) is 0. The number of fused-ring (bicyclic) bond motifs is 1. The molecular formula is C18H22N6O. The van der Waals surface area contributed by atoms with Crippen molar-refractivity contribution in [1.82, 2.24) is 20.2 Å². The first-order chi connectivity index (χ1) is 12.4. The van der Waals surface area contributed by atoms with E-state index in [0.29, 0.717) is 12.0 Å². The normalized spacial score (nSPS) is 17.5. The van der Waals surface area contributed by atoms with E-state index in [1.807, 2.05) is 12.3 Å². The first-order valence-electron chi connectivity index (χ1n) is 8.70. The molecule has 1 aliphatic rings. The van der Waals surface area contributed by atoms with E-state index in [-0.39, 0.29) is 0 Å². The molecule has 3 aromatic rings. The van der Waals surface area contributed by atoms with Crippen molar-refractivity contribution in [3.63, 3.8) is 0 Å². The molecule has 1 fully saturated rings. The maximum absolute atomic E-state index is 5.49. The molecule has 3 N–H and O–H groups in total. The Balaban J connectivity index is 1.32. The fourth-order valence-electron chi connectivity index (χ4n) is 3.05. The Labute approximate surface area is 146 Å². The van der Waals surface area contributed by atoms with Crippen molar-refractivity contribution in [3.05, 3.63) is 42.2 Å². The highest BCUT2D eigenvalue weighted by Crippen LogP contribution is 2.15. The minimum atomic E-state index is 0.331. The molecule has 7 heteroatoms. The lowest BCUT2D eigenvalue weighted by Crippen LogP contribution is -2.30. The second kappa shape index (κ2) is 7.48. The monoisotopic (exact) mass is 338 g/mol. The van der Waals surface area contributed by atoms with E-state index in [2.05, 4.69) is 49.0 Å². The molecule has 25 heavy (non-hydrogen) atoms. The van der Waals surface area contributed by atoms with Crippen LogP contribution in [-0.4, -0.2) is 46.0 Å². The molecule has 0 saturated carbocycles. The van der Waals surface area contributed by atoms with Gasteiger partial charge < -0.3 is 15.4 Å². The maximum atomic E-state index is 5.49. The molecule has 1 aliphatic heterocycles. The lowest BCUT2D eigenvalue weighted by Gasteiger charge is -2.23. The average molecular weight is 338 g/mol. The summed E-state index contributed by atoms with van der Waals surface area (Å²) in [4.78, 5) is 8.83. The predicted molar refractivity (Wildman–Crippen MR) is 97.8 cm³/mol. The topological polar surface area (TPSA) is 87.8 Å². The molecule has 0 aliphatic carbocycles. The molecule has 130 valence electrons. The molecule has 7 nitrogen and oxygen atoms in total. The Bertz CT molecular complexity index is 827. The van der Waals surface area contributed by atoms with Crippen LogP contribution in [0.5, 0.6) is 0 Å². The number of ether oxygens (including phenoxy) is 1.